The average Bonchev–Trinajstić information content (AvgIpc) is 2.81. The molecule has 1 heterocycles. The van der Waals surface area contributed by atoms with Crippen LogP contribution < -0.4 is 0 Å². The van der Waals surface area contributed by atoms with Crippen molar-refractivity contribution in [2.45, 2.75) is 0 Å². The Morgan fingerprint density at radius 3 is 2.69 bits per heavy atom. The minimum atomic E-state index is 0.00918. The van der Waals surface area contributed by atoms with Gasteiger partial charge in [-0.05, 0) is 35.2 Å². The lowest BCUT2D eigenvalue weighted by molar-refractivity contribution is 0.105. The summed E-state index contributed by atoms with van der Waals surface area (Å²) < 4.78 is 0. The molecule has 0 amide bonds. The highest BCUT2D eigenvalue weighted by Gasteiger charge is 2.02. The molecule has 0 atom stereocenters. The molecule has 3 heteroatoms. The molecule has 1 nitrogen and oxygen atoms in total. The Balaban J connectivity index is 2.16. The van der Waals surface area contributed by atoms with Gasteiger partial charge in [0, 0.05) is 5.02 Å². The number of hydrogen-bond acceptors (Lipinski definition) is 2. The van der Waals surface area contributed by atoms with E-state index < -0.39 is 0 Å². The number of ketones is 1. The quantitative estimate of drug-likeness (QED) is 0.585. The summed E-state index contributed by atoms with van der Waals surface area (Å²) >= 11 is 7.41. The largest absolute Gasteiger partial charge is 0.288 e. The third kappa shape index (κ3) is 2.60. The molecule has 1 aromatic carbocycles. The lowest BCUT2D eigenvalue weighted by Gasteiger charge is -1.95. The molecule has 0 saturated carbocycles. The topological polar surface area (TPSA) is 17.1 Å². The number of carbonyl (C=O) groups excluding carboxylic acids is 1. The second kappa shape index (κ2) is 5.10. The van der Waals surface area contributed by atoms with Crippen LogP contribution in [0.1, 0.15) is 15.2 Å². The molecule has 2 rings (SSSR count). The Morgan fingerprint density at radius 2 is 2.00 bits per heavy atom. The number of halogens is 1. The summed E-state index contributed by atoms with van der Waals surface area (Å²) in [6, 6.07) is 11.1. The average molecular weight is 249 g/mol. The lowest BCUT2D eigenvalue weighted by Crippen LogP contribution is -1.88. The van der Waals surface area contributed by atoms with E-state index in [0.29, 0.717) is 5.02 Å². The number of allylic oxidation sites excluding steroid dienone is 1. The van der Waals surface area contributed by atoms with Crippen molar-refractivity contribution in [1.29, 1.82) is 0 Å². The smallest absolute Gasteiger partial charge is 0.195 e. The van der Waals surface area contributed by atoms with E-state index in [2.05, 4.69) is 0 Å². The lowest BCUT2D eigenvalue weighted by atomic mass is 10.2. The summed E-state index contributed by atoms with van der Waals surface area (Å²) in [6.45, 7) is 0. The maximum absolute atomic E-state index is 11.7. The normalized spacial score (nSPS) is 10.8. The van der Waals surface area contributed by atoms with Crippen molar-refractivity contribution in [1.82, 2.24) is 0 Å². The van der Waals surface area contributed by atoms with Crippen LogP contribution in [0.5, 0.6) is 0 Å². The molecule has 0 spiro atoms. The summed E-state index contributed by atoms with van der Waals surface area (Å²) in [5.74, 6) is 0.00918. The van der Waals surface area contributed by atoms with Crippen molar-refractivity contribution < 1.29 is 4.79 Å². The van der Waals surface area contributed by atoms with Gasteiger partial charge in [0.2, 0.25) is 0 Å². The van der Waals surface area contributed by atoms with Gasteiger partial charge in [0.1, 0.15) is 0 Å². The van der Waals surface area contributed by atoms with Crippen molar-refractivity contribution >= 4 is 34.8 Å². The molecule has 0 bridgehead atoms. The maximum Gasteiger partial charge on any atom is 0.195 e. The maximum atomic E-state index is 11.7. The van der Waals surface area contributed by atoms with Crippen molar-refractivity contribution in [2.75, 3.05) is 0 Å². The fraction of sp³-hybridized carbons (Fsp3) is 0. The summed E-state index contributed by atoms with van der Waals surface area (Å²) in [6.07, 6.45) is 3.29. The van der Waals surface area contributed by atoms with Crippen LogP contribution in [-0.2, 0) is 0 Å². The Bertz CT molecular complexity index is 514. The predicted molar refractivity (Wildman–Crippen MR) is 69.1 cm³/mol. The SMILES string of the molecule is O=C(C=Cc1ccccc1Cl)c1cccs1. The van der Waals surface area contributed by atoms with Crippen LogP contribution in [0.25, 0.3) is 6.08 Å². The van der Waals surface area contributed by atoms with Crippen LogP contribution in [0.2, 0.25) is 5.02 Å². The fourth-order valence-electron chi connectivity index (χ4n) is 1.28. The minimum Gasteiger partial charge on any atom is -0.288 e. The van der Waals surface area contributed by atoms with Crippen LogP contribution in [0.15, 0.2) is 47.9 Å². The minimum absolute atomic E-state index is 0.00918. The first-order valence-electron chi connectivity index (χ1n) is 4.78. The third-order valence-corrected chi connectivity index (χ3v) is 3.31. The van der Waals surface area contributed by atoms with E-state index in [1.165, 1.54) is 11.3 Å². The molecule has 0 aliphatic carbocycles. The van der Waals surface area contributed by atoms with Gasteiger partial charge in [0.15, 0.2) is 5.78 Å². The number of carbonyl (C=O) groups is 1. The molecular weight excluding hydrogens is 240 g/mol. The molecular formula is C13H9ClOS. The zero-order valence-electron chi connectivity index (χ0n) is 8.39. The standard InChI is InChI=1S/C13H9ClOS/c14-11-5-2-1-4-10(11)7-8-12(15)13-6-3-9-16-13/h1-9H. The van der Waals surface area contributed by atoms with Crippen LogP contribution in [0.4, 0.5) is 0 Å². The fourth-order valence-corrected chi connectivity index (χ4v) is 2.12. The van der Waals surface area contributed by atoms with Crippen molar-refractivity contribution in [3.05, 3.63) is 63.3 Å². The van der Waals surface area contributed by atoms with E-state index in [1.807, 2.05) is 35.7 Å². The Morgan fingerprint density at radius 1 is 1.19 bits per heavy atom. The Kier molecular flexibility index (Phi) is 3.54. The first-order chi connectivity index (χ1) is 7.77. The first-order valence-corrected chi connectivity index (χ1v) is 6.03. The molecule has 0 fully saturated rings. The van der Waals surface area contributed by atoms with E-state index >= 15 is 0 Å². The predicted octanol–water partition coefficient (Wildman–Crippen LogP) is 4.30. The highest BCUT2D eigenvalue weighted by Crippen LogP contribution is 2.17. The van der Waals surface area contributed by atoms with Crippen molar-refractivity contribution in [2.24, 2.45) is 0 Å². The summed E-state index contributed by atoms with van der Waals surface area (Å²) in [5, 5.41) is 2.54. The number of hydrogen-bond donors (Lipinski definition) is 0. The molecule has 0 N–H and O–H groups in total. The van der Waals surface area contributed by atoms with Gasteiger partial charge in [0.25, 0.3) is 0 Å². The molecule has 0 radical (unpaired) electrons. The summed E-state index contributed by atoms with van der Waals surface area (Å²) in [5.41, 5.74) is 0.856. The summed E-state index contributed by atoms with van der Waals surface area (Å²) in [7, 11) is 0. The Labute approximate surface area is 103 Å². The van der Waals surface area contributed by atoms with Crippen molar-refractivity contribution in [3.8, 4) is 0 Å². The van der Waals surface area contributed by atoms with E-state index in [0.717, 1.165) is 10.4 Å². The van der Waals surface area contributed by atoms with Crippen LogP contribution in [0, 0.1) is 0 Å². The van der Waals surface area contributed by atoms with Gasteiger partial charge in [-0.15, -0.1) is 11.3 Å². The van der Waals surface area contributed by atoms with Gasteiger partial charge in [-0.3, -0.25) is 4.79 Å². The zero-order valence-corrected chi connectivity index (χ0v) is 9.96. The van der Waals surface area contributed by atoms with Gasteiger partial charge in [-0.1, -0.05) is 35.9 Å². The van der Waals surface area contributed by atoms with E-state index in [9.17, 15) is 4.79 Å². The number of rotatable bonds is 3. The molecule has 2 aromatic rings. The first kappa shape index (κ1) is 11.1. The van der Waals surface area contributed by atoms with Gasteiger partial charge >= 0.3 is 0 Å². The van der Waals surface area contributed by atoms with E-state index in [-0.39, 0.29) is 5.78 Å². The zero-order chi connectivity index (χ0) is 11.4. The van der Waals surface area contributed by atoms with Gasteiger partial charge in [-0.2, -0.15) is 0 Å². The Hall–Kier alpha value is -1.38. The third-order valence-electron chi connectivity index (χ3n) is 2.08. The number of benzene rings is 1. The summed E-state index contributed by atoms with van der Waals surface area (Å²) in [4.78, 5) is 12.4. The highest BCUT2D eigenvalue weighted by atomic mass is 35.5. The van der Waals surface area contributed by atoms with Crippen LogP contribution >= 0.6 is 22.9 Å². The molecule has 1 aromatic heterocycles. The molecule has 0 saturated heterocycles. The van der Waals surface area contributed by atoms with Gasteiger partial charge in [0.05, 0.1) is 4.88 Å². The molecule has 80 valence electrons. The second-order valence-corrected chi connectivity index (χ2v) is 4.55. The molecule has 0 aliphatic heterocycles. The van der Waals surface area contributed by atoms with Crippen LogP contribution in [0.3, 0.4) is 0 Å². The van der Waals surface area contributed by atoms with E-state index in [4.69, 9.17) is 11.6 Å². The van der Waals surface area contributed by atoms with Crippen molar-refractivity contribution in [3.63, 3.8) is 0 Å². The molecule has 0 aliphatic rings. The second-order valence-electron chi connectivity index (χ2n) is 3.20. The van der Waals surface area contributed by atoms with Crippen LogP contribution in [-0.4, -0.2) is 5.78 Å². The monoisotopic (exact) mass is 248 g/mol. The molecule has 0 unspecified atom stereocenters. The van der Waals surface area contributed by atoms with Gasteiger partial charge in [-0.25, -0.2) is 0 Å². The molecule has 16 heavy (non-hydrogen) atoms. The van der Waals surface area contributed by atoms with Gasteiger partial charge < -0.3 is 0 Å². The number of thiophene rings is 1. The highest BCUT2D eigenvalue weighted by molar-refractivity contribution is 7.12. The van der Waals surface area contributed by atoms with E-state index in [1.54, 1.807) is 18.2 Å².